The fourth-order valence-electron chi connectivity index (χ4n) is 1.39. The number of nitrogens with one attached hydrogen (secondary N) is 1. The minimum Gasteiger partial charge on any atom is -0.466 e. The number of benzene rings is 1. The lowest BCUT2D eigenvalue weighted by Gasteiger charge is -2.13. The summed E-state index contributed by atoms with van der Waals surface area (Å²) in [7, 11) is 0. The zero-order valence-corrected chi connectivity index (χ0v) is 10.4. The van der Waals surface area contributed by atoms with Crippen LogP contribution in [-0.4, -0.2) is 19.1 Å². The molecule has 0 fully saturated rings. The van der Waals surface area contributed by atoms with Gasteiger partial charge >= 0.3 is 5.97 Å². The van der Waals surface area contributed by atoms with Crippen molar-refractivity contribution in [3.8, 4) is 6.07 Å². The molecule has 0 saturated heterocycles. The molecule has 0 heterocycles. The predicted octanol–water partition coefficient (Wildman–Crippen LogP) is 2.31. The SMILES string of the molecule is CCOC(=O)C(C)CNc1ccc(F)cc1C#N. The number of ether oxygens (including phenoxy) is 1. The second-order valence-corrected chi connectivity index (χ2v) is 3.84. The first kappa shape index (κ1) is 14.0. The van der Waals surface area contributed by atoms with E-state index in [9.17, 15) is 9.18 Å². The topological polar surface area (TPSA) is 62.1 Å². The van der Waals surface area contributed by atoms with Gasteiger partial charge in [0, 0.05) is 6.54 Å². The second-order valence-electron chi connectivity index (χ2n) is 3.84. The monoisotopic (exact) mass is 250 g/mol. The molecule has 0 bridgehead atoms. The van der Waals surface area contributed by atoms with Gasteiger partial charge in [0.15, 0.2) is 0 Å². The van der Waals surface area contributed by atoms with E-state index in [1.165, 1.54) is 12.1 Å². The molecule has 1 rings (SSSR count). The van der Waals surface area contributed by atoms with Crippen molar-refractivity contribution < 1.29 is 13.9 Å². The van der Waals surface area contributed by atoms with Crippen molar-refractivity contribution in [1.82, 2.24) is 0 Å². The highest BCUT2D eigenvalue weighted by atomic mass is 19.1. The van der Waals surface area contributed by atoms with Crippen molar-refractivity contribution >= 4 is 11.7 Å². The van der Waals surface area contributed by atoms with E-state index in [4.69, 9.17) is 10.00 Å². The average molecular weight is 250 g/mol. The van der Waals surface area contributed by atoms with Crippen molar-refractivity contribution in [2.24, 2.45) is 5.92 Å². The van der Waals surface area contributed by atoms with E-state index in [1.807, 2.05) is 6.07 Å². The lowest BCUT2D eigenvalue weighted by Crippen LogP contribution is -2.22. The lowest BCUT2D eigenvalue weighted by molar-refractivity contribution is -0.146. The lowest BCUT2D eigenvalue weighted by atomic mass is 10.1. The molecule has 1 atom stereocenters. The first-order chi connectivity index (χ1) is 8.58. The Hall–Kier alpha value is -2.09. The Labute approximate surface area is 105 Å². The van der Waals surface area contributed by atoms with E-state index in [1.54, 1.807) is 13.8 Å². The van der Waals surface area contributed by atoms with Crippen molar-refractivity contribution in [1.29, 1.82) is 5.26 Å². The highest BCUT2D eigenvalue weighted by molar-refractivity contribution is 5.73. The van der Waals surface area contributed by atoms with Gasteiger partial charge in [-0.2, -0.15) is 5.26 Å². The van der Waals surface area contributed by atoms with Crippen molar-refractivity contribution in [2.45, 2.75) is 13.8 Å². The van der Waals surface area contributed by atoms with Crippen LogP contribution in [0.25, 0.3) is 0 Å². The summed E-state index contributed by atoms with van der Waals surface area (Å²) in [6.45, 7) is 4.13. The number of esters is 1. The molecule has 0 aliphatic carbocycles. The van der Waals surface area contributed by atoms with Gasteiger partial charge in [-0.1, -0.05) is 6.92 Å². The van der Waals surface area contributed by atoms with Crippen LogP contribution in [0.5, 0.6) is 0 Å². The van der Waals surface area contributed by atoms with Crippen LogP contribution >= 0.6 is 0 Å². The largest absolute Gasteiger partial charge is 0.466 e. The third-order valence-corrected chi connectivity index (χ3v) is 2.39. The van der Waals surface area contributed by atoms with Gasteiger partial charge in [-0.3, -0.25) is 4.79 Å². The summed E-state index contributed by atoms with van der Waals surface area (Å²) in [6.07, 6.45) is 0. The minimum atomic E-state index is -0.462. The minimum absolute atomic E-state index is 0.214. The Morgan fingerprint density at radius 2 is 2.33 bits per heavy atom. The van der Waals surface area contributed by atoms with Crippen LogP contribution in [0, 0.1) is 23.1 Å². The van der Waals surface area contributed by atoms with E-state index in [0.29, 0.717) is 18.8 Å². The molecule has 0 aliphatic rings. The normalized spacial score (nSPS) is 11.4. The Morgan fingerprint density at radius 1 is 1.61 bits per heavy atom. The summed E-state index contributed by atoms with van der Waals surface area (Å²) >= 11 is 0. The molecular formula is C13H15FN2O2. The van der Waals surface area contributed by atoms with E-state index in [0.717, 1.165) is 6.07 Å². The molecule has 1 N–H and O–H groups in total. The van der Waals surface area contributed by atoms with Crippen LogP contribution in [0.3, 0.4) is 0 Å². The number of rotatable bonds is 5. The highest BCUT2D eigenvalue weighted by Crippen LogP contribution is 2.16. The van der Waals surface area contributed by atoms with Gasteiger partial charge in [0.05, 0.1) is 23.8 Å². The van der Waals surface area contributed by atoms with E-state index < -0.39 is 5.82 Å². The molecule has 1 aromatic rings. The molecule has 5 heteroatoms. The number of carbonyl (C=O) groups excluding carboxylic acids is 1. The van der Waals surface area contributed by atoms with Crippen molar-refractivity contribution in [2.75, 3.05) is 18.5 Å². The van der Waals surface area contributed by atoms with Gasteiger partial charge in [-0.05, 0) is 25.1 Å². The molecule has 18 heavy (non-hydrogen) atoms. The molecular weight excluding hydrogens is 235 g/mol. The molecule has 96 valence electrons. The number of nitrogens with zero attached hydrogens (tertiary/aromatic N) is 1. The molecule has 0 aromatic heterocycles. The Balaban J connectivity index is 2.64. The highest BCUT2D eigenvalue weighted by Gasteiger charge is 2.14. The Bertz CT molecular complexity index is 469. The first-order valence-corrected chi connectivity index (χ1v) is 5.68. The van der Waals surface area contributed by atoms with Crippen molar-refractivity contribution in [3.63, 3.8) is 0 Å². The van der Waals surface area contributed by atoms with Crippen LogP contribution in [0.4, 0.5) is 10.1 Å². The van der Waals surface area contributed by atoms with Crippen molar-refractivity contribution in [3.05, 3.63) is 29.6 Å². The molecule has 1 aromatic carbocycles. The number of anilines is 1. The van der Waals surface area contributed by atoms with Gasteiger partial charge in [0.1, 0.15) is 11.9 Å². The number of halogens is 1. The number of nitriles is 1. The predicted molar refractivity (Wildman–Crippen MR) is 65.4 cm³/mol. The number of carbonyl (C=O) groups is 1. The van der Waals surface area contributed by atoms with Crippen LogP contribution < -0.4 is 5.32 Å². The van der Waals surface area contributed by atoms with Gasteiger partial charge < -0.3 is 10.1 Å². The van der Waals surface area contributed by atoms with E-state index >= 15 is 0 Å². The molecule has 0 amide bonds. The summed E-state index contributed by atoms with van der Waals surface area (Å²) in [5.41, 5.74) is 0.723. The molecule has 1 unspecified atom stereocenters. The van der Waals surface area contributed by atoms with Crippen LogP contribution in [0.2, 0.25) is 0 Å². The zero-order valence-electron chi connectivity index (χ0n) is 10.4. The molecule has 0 saturated carbocycles. The fraction of sp³-hybridized carbons (Fsp3) is 0.385. The van der Waals surface area contributed by atoms with E-state index in [2.05, 4.69) is 5.32 Å². The van der Waals surface area contributed by atoms with Crippen LogP contribution in [0.1, 0.15) is 19.4 Å². The number of hydrogen-bond acceptors (Lipinski definition) is 4. The fourth-order valence-corrected chi connectivity index (χ4v) is 1.39. The molecule has 0 spiro atoms. The zero-order chi connectivity index (χ0) is 13.5. The quantitative estimate of drug-likeness (QED) is 0.814. The standard InChI is InChI=1S/C13H15FN2O2/c1-3-18-13(17)9(2)8-16-12-5-4-11(14)6-10(12)7-15/h4-6,9,16H,3,8H2,1-2H3. The van der Waals surface area contributed by atoms with E-state index in [-0.39, 0.29) is 17.5 Å². The molecule has 0 radical (unpaired) electrons. The van der Waals surface area contributed by atoms with Crippen LogP contribution in [0.15, 0.2) is 18.2 Å². The summed E-state index contributed by atoms with van der Waals surface area (Å²) < 4.78 is 17.8. The summed E-state index contributed by atoms with van der Waals surface area (Å²) in [5, 5.41) is 11.8. The Kier molecular flexibility index (Phi) is 5.12. The summed E-state index contributed by atoms with van der Waals surface area (Å²) in [5.74, 6) is -1.09. The molecule has 4 nitrogen and oxygen atoms in total. The molecule has 0 aliphatic heterocycles. The smallest absolute Gasteiger partial charge is 0.310 e. The number of hydrogen-bond donors (Lipinski definition) is 1. The maximum atomic E-state index is 12.9. The maximum absolute atomic E-state index is 12.9. The average Bonchev–Trinajstić information content (AvgIpc) is 2.37. The van der Waals surface area contributed by atoms with Gasteiger partial charge in [0.2, 0.25) is 0 Å². The first-order valence-electron chi connectivity index (χ1n) is 5.68. The Morgan fingerprint density at radius 3 is 2.94 bits per heavy atom. The second kappa shape index (κ2) is 6.60. The third-order valence-electron chi connectivity index (χ3n) is 2.39. The summed E-state index contributed by atoms with van der Waals surface area (Å²) in [4.78, 5) is 11.4. The summed E-state index contributed by atoms with van der Waals surface area (Å²) in [6, 6.07) is 5.79. The van der Waals surface area contributed by atoms with Gasteiger partial charge in [-0.25, -0.2) is 4.39 Å². The third kappa shape index (κ3) is 3.74. The van der Waals surface area contributed by atoms with Gasteiger partial charge in [0.25, 0.3) is 0 Å². The maximum Gasteiger partial charge on any atom is 0.310 e. The van der Waals surface area contributed by atoms with Gasteiger partial charge in [-0.15, -0.1) is 0 Å². The van der Waals surface area contributed by atoms with Crippen LogP contribution in [-0.2, 0) is 9.53 Å².